The maximum absolute atomic E-state index is 13.4. The summed E-state index contributed by atoms with van der Waals surface area (Å²) in [5.74, 6) is -0.569. The van der Waals surface area contributed by atoms with Gasteiger partial charge in [0.2, 0.25) is 11.3 Å². The molecule has 0 radical (unpaired) electrons. The highest BCUT2D eigenvalue weighted by molar-refractivity contribution is 5.90. The molecule has 2 aromatic carbocycles. The summed E-state index contributed by atoms with van der Waals surface area (Å²) < 4.78 is 20.3. The molecule has 7 nitrogen and oxygen atoms in total. The maximum Gasteiger partial charge on any atom is 0.244 e. The SMILES string of the molecule is COc1cn(CC(=O)Nc2cccc(F)c2)c(CN2CCN(c3ccccc3)CC2)cc1=O. The third-order valence-corrected chi connectivity index (χ3v) is 5.70. The Labute approximate surface area is 192 Å². The normalized spacial score (nSPS) is 14.2. The molecule has 0 saturated carbocycles. The fraction of sp³-hybridized carbons (Fsp3) is 0.280. The first-order valence-electron chi connectivity index (χ1n) is 10.9. The lowest BCUT2D eigenvalue weighted by molar-refractivity contribution is -0.116. The summed E-state index contributed by atoms with van der Waals surface area (Å²) in [6, 6.07) is 17.6. The maximum atomic E-state index is 13.4. The molecule has 0 spiro atoms. The summed E-state index contributed by atoms with van der Waals surface area (Å²) in [4.78, 5) is 29.6. The van der Waals surface area contributed by atoms with Gasteiger partial charge in [-0.05, 0) is 30.3 Å². The van der Waals surface area contributed by atoms with E-state index < -0.39 is 5.82 Å². The van der Waals surface area contributed by atoms with Gasteiger partial charge in [-0.15, -0.1) is 0 Å². The fourth-order valence-corrected chi connectivity index (χ4v) is 3.98. The number of piperazine rings is 1. The van der Waals surface area contributed by atoms with Crippen molar-refractivity contribution in [3.8, 4) is 5.75 Å². The van der Waals surface area contributed by atoms with Crippen molar-refractivity contribution in [3.63, 3.8) is 0 Å². The van der Waals surface area contributed by atoms with Crippen molar-refractivity contribution in [3.05, 3.63) is 88.6 Å². The molecule has 0 aliphatic carbocycles. The molecule has 4 rings (SSSR count). The number of rotatable bonds is 7. The van der Waals surface area contributed by atoms with Crippen molar-refractivity contribution in [1.82, 2.24) is 9.47 Å². The lowest BCUT2D eigenvalue weighted by Gasteiger charge is -2.36. The molecule has 33 heavy (non-hydrogen) atoms. The van der Waals surface area contributed by atoms with Crippen LogP contribution in [0.5, 0.6) is 5.75 Å². The van der Waals surface area contributed by atoms with E-state index in [1.54, 1.807) is 16.8 Å². The third kappa shape index (κ3) is 5.78. The molecule has 1 aromatic heterocycles. The van der Waals surface area contributed by atoms with Crippen LogP contribution in [-0.2, 0) is 17.9 Å². The number of nitrogens with zero attached hydrogens (tertiary/aromatic N) is 3. The second kappa shape index (κ2) is 10.3. The van der Waals surface area contributed by atoms with Gasteiger partial charge in [0.05, 0.1) is 13.3 Å². The Hall–Kier alpha value is -3.65. The Bertz CT molecular complexity index is 1160. The van der Waals surface area contributed by atoms with Crippen LogP contribution in [0.15, 0.2) is 71.7 Å². The summed E-state index contributed by atoms with van der Waals surface area (Å²) >= 11 is 0. The summed E-state index contributed by atoms with van der Waals surface area (Å²) in [5, 5.41) is 2.70. The molecule has 3 aromatic rings. The van der Waals surface area contributed by atoms with Crippen LogP contribution in [0, 0.1) is 5.82 Å². The predicted octanol–water partition coefficient (Wildman–Crippen LogP) is 2.96. The molecule has 172 valence electrons. The molecule has 1 aliphatic heterocycles. The molecule has 1 N–H and O–H groups in total. The monoisotopic (exact) mass is 450 g/mol. The molecule has 1 amide bonds. The van der Waals surface area contributed by atoms with E-state index in [0.717, 1.165) is 31.9 Å². The minimum absolute atomic E-state index is 0.0214. The van der Waals surface area contributed by atoms with E-state index in [0.29, 0.717) is 12.2 Å². The average molecular weight is 451 g/mol. The smallest absolute Gasteiger partial charge is 0.244 e. The van der Waals surface area contributed by atoms with Gasteiger partial charge < -0.3 is 19.5 Å². The number of carbonyl (C=O) groups excluding carboxylic acids is 1. The van der Waals surface area contributed by atoms with Crippen molar-refractivity contribution in [2.24, 2.45) is 0 Å². The van der Waals surface area contributed by atoms with Crippen LogP contribution < -0.4 is 20.4 Å². The van der Waals surface area contributed by atoms with E-state index in [4.69, 9.17) is 4.74 Å². The zero-order valence-electron chi connectivity index (χ0n) is 18.5. The first-order chi connectivity index (χ1) is 16.0. The van der Waals surface area contributed by atoms with Crippen LogP contribution in [-0.4, -0.2) is 48.7 Å². The van der Waals surface area contributed by atoms with Crippen molar-refractivity contribution in [2.45, 2.75) is 13.1 Å². The third-order valence-electron chi connectivity index (χ3n) is 5.70. The Morgan fingerprint density at radius 1 is 1.03 bits per heavy atom. The number of pyridine rings is 1. The Morgan fingerprint density at radius 2 is 1.79 bits per heavy atom. The molecule has 8 heteroatoms. The van der Waals surface area contributed by atoms with Gasteiger partial charge in [0, 0.05) is 55.9 Å². The van der Waals surface area contributed by atoms with Crippen molar-refractivity contribution < 1.29 is 13.9 Å². The lowest BCUT2D eigenvalue weighted by Crippen LogP contribution is -2.46. The van der Waals surface area contributed by atoms with Crippen molar-refractivity contribution >= 4 is 17.3 Å². The van der Waals surface area contributed by atoms with E-state index >= 15 is 0 Å². The van der Waals surface area contributed by atoms with Crippen LogP contribution in [0.3, 0.4) is 0 Å². The number of hydrogen-bond donors (Lipinski definition) is 1. The van der Waals surface area contributed by atoms with Crippen molar-refractivity contribution in [1.29, 1.82) is 0 Å². The lowest BCUT2D eigenvalue weighted by atomic mass is 10.2. The summed E-state index contributed by atoms with van der Waals surface area (Å²) in [7, 11) is 1.43. The van der Waals surface area contributed by atoms with Gasteiger partial charge in [0.15, 0.2) is 5.75 Å². The second-order valence-corrected chi connectivity index (χ2v) is 7.98. The number of carbonyl (C=O) groups is 1. The van der Waals surface area contributed by atoms with Crippen LogP contribution in [0.2, 0.25) is 0 Å². The zero-order valence-corrected chi connectivity index (χ0v) is 18.5. The number of aromatic nitrogens is 1. The molecule has 0 atom stereocenters. The van der Waals surface area contributed by atoms with Gasteiger partial charge >= 0.3 is 0 Å². The number of halogens is 1. The molecule has 2 heterocycles. The van der Waals surface area contributed by atoms with E-state index in [2.05, 4.69) is 27.2 Å². The van der Waals surface area contributed by atoms with Gasteiger partial charge in [0.25, 0.3) is 0 Å². The number of benzene rings is 2. The number of ether oxygens (including phenoxy) is 1. The van der Waals surface area contributed by atoms with Crippen LogP contribution in [0.25, 0.3) is 0 Å². The van der Waals surface area contributed by atoms with Crippen LogP contribution >= 0.6 is 0 Å². The molecular weight excluding hydrogens is 423 g/mol. The summed E-state index contributed by atoms with van der Waals surface area (Å²) in [6.45, 7) is 3.95. The molecule has 1 fully saturated rings. The molecule has 1 saturated heterocycles. The molecule has 1 aliphatic rings. The Morgan fingerprint density at radius 3 is 2.48 bits per heavy atom. The zero-order chi connectivity index (χ0) is 23.2. The van der Waals surface area contributed by atoms with E-state index in [-0.39, 0.29) is 23.6 Å². The number of hydrogen-bond acceptors (Lipinski definition) is 5. The Balaban J connectivity index is 1.45. The van der Waals surface area contributed by atoms with Gasteiger partial charge in [-0.1, -0.05) is 24.3 Å². The van der Waals surface area contributed by atoms with Crippen molar-refractivity contribution in [2.75, 3.05) is 43.5 Å². The molecule has 0 unspecified atom stereocenters. The minimum atomic E-state index is -0.423. The first-order valence-corrected chi connectivity index (χ1v) is 10.9. The van der Waals surface area contributed by atoms with Crippen LogP contribution in [0.4, 0.5) is 15.8 Å². The van der Waals surface area contributed by atoms with Gasteiger partial charge in [-0.25, -0.2) is 4.39 Å². The quantitative estimate of drug-likeness (QED) is 0.600. The predicted molar refractivity (Wildman–Crippen MR) is 126 cm³/mol. The van der Waals surface area contributed by atoms with Gasteiger partial charge in [-0.2, -0.15) is 0 Å². The molecular formula is C25H27FN4O3. The molecule has 0 bridgehead atoms. The number of para-hydroxylation sites is 1. The Kier molecular flexibility index (Phi) is 7.04. The number of amides is 1. The highest BCUT2D eigenvalue weighted by Gasteiger charge is 2.19. The van der Waals surface area contributed by atoms with E-state index in [1.165, 1.54) is 37.1 Å². The minimum Gasteiger partial charge on any atom is -0.491 e. The largest absolute Gasteiger partial charge is 0.491 e. The van der Waals surface area contributed by atoms with Crippen LogP contribution in [0.1, 0.15) is 5.69 Å². The second-order valence-electron chi connectivity index (χ2n) is 7.98. The highest BCUT2D eigenvalue weighted by Crippen LogP contribution is 2.17. The number of anilines is 2. The summed E-state index contributed by atoms with van der Waals surface area (Å²) in [5.41, 5.74) is 2.08. The average Bonchev–Trinajstić information content (AvgIpc) is 2.82. The van der Waals surface area contributed by atoms with Gasteiger partial charge in [0.1, 0.15) is 12.4 Å². The van der Waals surface area contributed by atoms with E-state index in [1.807, 2.05) is 18.2 Å². The highest BCUT2D eigenvalue weighted by atomic mass is 19.1. The number of nitrogens with one attached hydrogen (secondary N) is 1. The summed E-state index contributed by atoms with van der Waals surface area (Å²) in [6.07, 6.45) is 1.56. The standard InChI is InChI=1S/C25H27FN4O3/c1-33-24-17-30(18-25(32)27-20-7-5-6-19(26)14-20)22(15-23(24)31)16-28-10-12-29(13-11-28)21-8-3-2-4-9-21/h2-9,14-15,17H,10-13,16,18H2,1H3,(H,27,32). The first kappa shape index (κ1) is 22.5. The van der Waals surface area contributed by atoms with E-state index in [9.17, 15) is 14.0 Å². The van der Waals surface area contributed by atoms with Gasteiger partial charge in [-0.3, -0.25) is 14.5 Å². The number of methoxy groups -OCH3 is 1. The topological polar surface area (TPSA) is 66.8 Å². The fourth-order valence-electron chi connectivity index (χ4n) is 3.98.